The monoisotopic (exact) mass is 486 g/mol. The predicted octanol–water partition coefficient (Wildman–Crippen LogP) is 5.02. The molecule has 7 nitrogen and oxygen atoms in total. The van der Waals surface area contributed by atoms with Crippen molar-refractivity contribution in [1.29, 1.82) is 0 Å². The molecular weight excluding hydrogens is 456 g/mol. The first kappa shape index (κ1) is 23.9. The number of benzene rings is 3. The first-order chi connectivity index (χ1) is 17.5. The summed E-state index contributed by atoms with van der Waals surface area (Å²) in [6.45, 7) is 3.24. The van der Waals surface area contributed by atoms with Crippen LogP contribution in [0, 0.1) is 0 Å². The molecule has 3 fully saturated rings. The van der Waals surface area contributed by atoms with Gasteiger partial charge in [0.05, 0.1) is 11.6 Å². The van der Waals surface area contributed by atoms with Crippen LogP contribution in [0.2, 0.25) is 0 Å². The molecule has 1 unspecified atom stereocenters. The number of carbonyl (C=O) groups is 2. The quantitative estimate of drug-likeness (QED) is 0.465. The van der Waals surface area contributed by atoms with Crippen molar-refractivity contribution in [3.8, 4) is 5.75 Å². The molecule has 3 aliphatic rings. The molecular formula is C29H30N2O5. The SMILES string of the molecule is O=C(NC(c1ccccc1)c1cccc(OCc2ccc(C(=O)O)cc2)c1)OC12CCN(CC1)CC2. The minimum atomic E-state index is -0.957. The summed E-state index contributed by atoms with van der Waals surface area (Å²) < 4.78 is 12.0. The van der Waals surface area contributed by atoms with Crippen LogP contribution in [0.4, 0.5) is 4.79 Å². The molecule has 1 amide bonds. The van der Waals surface area contributed by atoms with E-state index < -0.39 is 18.1 Å². The Morgan fingerprint density at radius 1 is 0.889 bits per heavy atom. The number of carboxylic acid groups (broad SMARTS) is 1. The van der Waals surface area contributed by atoms with Gasteiger partial charge in [-0.1, -0.05) is 54.6 Å². The van der Waals surface area contributed by atoms with Gasteiger partial charge in [-0.05, 0) is 41.0 Å². The summed E-state index contributed by atoms with van der Waals surface area (Å²) in [6.07, 6.45) is 2.25. The van der Waals surface area contributed by atoms with Gasteiger partial charge in [0.25, 0.3) is 0 Å². The predicted molar refractivity (Wildman–Crippen MR) is 135 cm³/mol. The standard InChI is InChI=1S/C29H30N2O5/c32-27(33)23-11-9-21(10-12-23)20-35-25-8-4-7-24(19-25)26(22-5-2-1-3-6-22)30-28(34)36-29-13-16-31(17-14-29)18-15-29/h1-12,19,26H,13-18,20H2,(H,30,34)(H,32,33). The van der Waals surface area contributed by atoms with E-state index in [1.54, 1.807) is 24.3 Å². The highest BCUT2D eigenvalue weighted by Crippen LogP contribution is 2.35. The number of piperidine rings is 3. The van der Waals surface area contributed by atoms with E-state index in [0.717, 1.165) is 55.6 Å². The number of nitrogens with one attached hydrogen (secondary N) is 1. The Balaban J connectivity index is 1.30. The molecule has 3 heterocycles. The molecule has 6 rings (SSSR count). The van der Waals surface area contributed by atoms with Crippen LogP contribution < -0.4 is 10.1 Å². The molecule has 2 bridgehead atoms. The van der Waals surface area contributed by atoms with Gasteiger partial charge in [-0.25, -0.2) is 9.59 Å². The molecule has 0 spiro atoms. The highest BCUT2D eigenvalue weighted by Gasteiger charge is 2.42. The average molecular weight is 487 g/mol. The maximum Gasteiger partial charge on any atom is 0.408 e. The Morgan fingerprint density at radius 2 is 1.56 bits per heavy atom. The summed E-state index contributed by atoms with van der Waals surface area (Å²) in [7, 11) is 0. The molecule has 3 aliphatic heterocycles. The van der Waals surface area contributed by atoms with Gasteiger partial charge in [0.1, 0.15) is 18.0 Å². The number of ether oxygens (including phenoxy) is 2. The van der Waals surface area contributed by atoms with Crippen molar-refractivity contribution in [3.63, 3.8) is 0 Å². The summed E-state index contributed by atoms with van der Waals surface area (Å²) in [6, 6.07) is 23.7. The molecule has 3 aromatic rings. The van der Waals surface area contributed by atoms with E-state index in [1.807, 2.05) is 54.6 Å². The zero-order valence-electron chi connectivity index (χ0n) is 20.1. The summed E-state index contributed by atoms with van der Waals surface area (Å²) in [5, 5.41) is 12.2. The van der Waals surface area contributed by atoms with Crippen molar-refractivity contribution >= 4 is 12.1 Å². The minimum Gasteiger partial charge on any atom is -0.489 e. The van der Waals surface area contributed by atoms with Gasteiger partial charge >= 0.3 is 12.1 Å². The lowest BCUT2D eigenvalue weighted by atomic mass is 9.83. The van der Waals surface area contributed by atoms with E-state index in [-0.39, 0.29) is 11.2 Å². The molecule has 36 heavy (non-hydrogen) atoms. The van der Waals surface area contributed by atoms with Gasteiger partial charge in [0.2, 0.25) is 0 Å². The number of hydrogen-bond acceptors (Lipinski definition) is 5. The van der Waals surface area contributed by atoms with E-state index in [9.17, 15) is 9.59 Å². The third kappa shape index (κ3) is 5.52. The zero-order chi connectivity index (χ0) is 25.0. The van der Waals surface area contributed by atoms with Crippen molar-refractivity contribution in [1.82, 2.24) is 10.2 Å². The fourth-order valence-electron chi connectivity index (χ4n) is 4.99. The number of nitrogens with zero attached hydrogens (tertiary/aromatic N) is 1. The molecule has 2 N–H and O–H groups in total. The number of amides is 1. The molecule has 1 atom stereocenters. The van der Waals surface area contributed by atoms with E-state index in [1.165, 1.54) is 0 Å². The van der Waals surface area contributed by atoms with E-state index in [4.69, 9.17) is 14.6 Å². The van der Waals surface area contributed by atoms with Crippen molar-refractivity contribution in [3.05, 3.63) is 101 Å². The first-order valence-electron chi connectivity index (χ1n) is 12.3. The largest absolute Gasteiger partial charge is 0.489 e. The molecule has 7 heteroatoms. The van der Waals surface area contributed by atoms with Gasteiger partial charge in [0.15, 0.2) is 0 Å². The average Bonchev–Trinajstić information content (AvgIpc) is 2.92. The fraction of sp³-hybridized carbons (Fsp3) is 0.310. The third-order valence-electron chi connectivity index (χ3n) is 7.15. The smallest absolute Gasteiger partial charge is 0.408 e. The topological polar surface area (TPSA) is 88.1 Å². The highest BCUT2D eigenvalue weighted by atomic mass is 16.6. The number of hydrogen-bond donors (Lipinski definition) is 2. The molecule has 0 aromatic heterocycles. The Hall–Kier alpha value is -3.84. The highest BCUT2D eigenvalue weighted by molar-refractivity contribution is 5.87. The summed E-state index contributed by atoms with van der Waals surface area (Å²) in [4.78, 5) is 26.6. The molecule has 3 aromatic carbocycles. The number of rotatable bonds is 8. The van der Waals surface area contributed by atoms with Crippen molar-refractivity contribution in [2.45, 2.75) is 37.5 Å². The zero-order valence-corrected chi connectivity index (χ0v) is 20.1. The maximum absolute atomic E-state index is 13.1. The van der Waals surface area contributed by atoms with Crippen molar-refractivity contribution < 1.29 is 24.2 Å². The van der Waals surface area contributed by atoms with Crippen LogP contribution in [0.15, 0.2) is 78.9 Å². The normalized spacial score (nSPS) is 21.4. The number of carbonyl (C=O) groups excluding carboxylic acids is 1. The van der Waals surface area contributed by atoms with Crippen LogP contribution in [0.1, 0.15) is 52.4 Å². The number of carboxylic acids is 1. The number of alkyl carbamates (subject to hydrolysis) is 1. The van der Waals surface area contributed by atoms with Gasteiger partial charge in [0, 0.05) is 38.9 Å². The van der Waals surface area contributed by atoms with Crippen molar-refractivity contribution in [2.24, 2.45) is 0 Å². The summed E-state index contributed by atoms with van der Waals surface area (Å²) >= 11 is 0. The van der Waals surface area contributed by atoms with Gasteiger partial charge in [-0.15, -0.1) is 0 Å². The first-order valence-corrected chi connectivity index (χ1v) is 12.3. The maximum atomic E-state index is 13.1. The van der Waals surface area contributed by atoms with Gasteiger partial charge < -0.3 is 24.8 Å². The molecule has 0 saturated carbocycles. The van der Waals surface area contributed by atoms with E-state index >= 15 is 0 Å². The minimum absolute atomic E-state index is 0.239. The lowest BCUT2D eigenvalue weighted by Crippen LogP contribution is -2.55. The summed E-state index contributed by atoms with van der Waals surface area (Å²) in [5.74, 6) is -0.300. The molecule has 186 valence electrons. The second kappa shape index (κ2) is 10.4. The van der Waals surface area contributed by atoms with Gasteiger partial charge in [-0.3, -0.25) is 0 Å². The van der Waals surface area contributed by atoms with E-state index in [2.05, 4.69) is 10.2 Å². The molecule has 0 aliphatic carbocycles. The number of fused-ring (bicyclic) bond motifs is 3. The fourth-order valence-corrected chi connectivity index (χ4v) is 4.99. The van der Waals surface area contributed by atoms with E-state index in [0.29, 0.717) is 12.4 Å². The van der Waals surface area contributed by atoms with Crippen LogP contribution in [-0.4, -0.2) is 47.3 Å². The van der Waals surface area contributed by atoms with Crippen LogP contribution in [0.5, 0.6) is 5.75 Å². The third-order valence-corrected chi connectivity index (χ3v) is 7.15. The Morgan fingerprint density at radius 3 is 2.22 bits per heavy atom. The van der Waals surface area contributed by atoms with Crippen LogP contribution in [0.25, 0.3) is 0 Å². The lowest BCUT2D eigenvalue weighted by molar-refractivity contribution is -0.0789. The summed E-state index contributed by atoms with van der Waals surface area (Å²) in [5.41, 5.74) is 2.58. The van der Waals surface area contributed by atoms with Crippen LogP contribution in [0.3, 0.4) is 0 Å². The Kier molecular flexibility index (Phi) is 6.91. The van der Waals surface area contributed by atoms with Gasteiger partial charge in [-0.2, -0.15) is 0 Å². The Bertz CT molecular complexity index is 1190. The van der Waals surface area contributed by atoms with Crippen molar-refractivity contribution in [2.75, 3.05) is 19.6 Å². The second-order valence-electron chi connectivity index (χ2n) is 9.52. The Labute approximate surface area is 210 Å². The second-order valence-corrected chi connectivity index (χ2v) is 9.52. The lowest BCUT2D eigenvalue weighted by Gasteiger charge is -2.47. The molecule has 0 radical (unpaired) electrons. The molecule has 3 saturated heterocycles. The van der Waals surface area contributed by atoms with Crippen LogP contribution >= 0.6 is 0 Å². The number of aromatic carboxylic acids is 1. The van der Waals surface area contributed by atoms with Crippen LogP contribution in [-0.2, 0) is 11.3 Å².